The van der Waals surface area contributed by atoms with Gasteiger partial charge in [0.15, 0.2) is 6.54 Å². The third kappa shape index (κ3) is 9.87. The van der Waals surface area contributed by atoms with E-state index < -0.39 is 5.97 Å². The van der Waals surface area contributed by atoms with Crippen LogP contribution in [0.4, 0.5) is 0 Å². The smallest absolute Gasteiger partial charge is 0.360 e. The normalized spacial score (nSPS) is 19.1. The maximum Gasteiger partial charge on any atom is 0.360 e. The molecule has 1 atom stereocenters. The zero-order chi connectivity index (χ0) is 19.8. The second-order valence-corrected chi connectivity index (χ2v) is 7.57. The van der Waals surface area contributed by atoms with Crippen molar-refractivity contribution in [3.8, 4) is 0 Å². The van der Waals surface area contributed by atoms with Crippen molar-refractivity contribution in [1.82, 2.24) is 0 Å². The first-order chi connectivity index (χ1) is 13.1. The Morgan fingerprint density at radius 2 is 1.70 bits per heavy atom. The number of unbranched alkanes of at least 4 members (excludes halogenated alkanes) is 9. The predicted molar refractivity (Wildman–Crippen MR) is 113 cm³/mol. The highest BCUT2D eigenvalue weighted by Crippen LogP contribution is 2.20. The van der Waals surface area contributed by atoms with Gasteiger partial charge in [-0.15, -0.1) is 0 Å². The number of aliphatic carboxylic acids is 1. The molecule has 1 unspecified atom stereocenters. The molecule has 0 fully saturated rings. The van der Waals surface area contributed by atoms with E-state index in [1.807, 2.05) is 6.20 Å². The lowest BCUT2D eigenvalue weighted by Gasteiger charge is -2.30. The van der Waals surface area contributed by atoms with Gasteiger partial charge in [-0.3, -0.25) is 0 Å². The molecule has 0 bridgehead atoms. The molecule has 0 aromatic heterocycles. The summed E-state index contributed by atoms with van der Waals surface area (Å²) in [4.78, 5) is 15.6. The second kappa shape index (κ2) is 14.6. The van der Waals surface area contributed by atoms with Gasteiger partial charge in [0, 0.05) is 13.0 Å². The summed E-state index contributed by atoms with van der Waals surface area (Å²) in [6.45, 7) is 3.32. The number of nitrogens with zero attached hydrogens (tertiary/aromatic N) is 2. The number of hydrogen-bond donors (Lipinski definition) is 2. The van der Waals surface area contributed by atoms with Gasteiger partial charge >= 0.3 is 5.97 Å². The fourth-order valence-corrected chi connectivity index (χ4v) is 3.65. The summed E-state index contributed by atoms with van der Waals surface area (Å²) in [5.41, 5.74) is 5.69. The van der Waals surface area contributed by atoms with Crippen molar-refractivity contribution in [3.05, 3.63) is 24.6 Å². The van der Waals surface area contributed by atoms with E-state index in [1.165, 1.54) is 57.8 Å². The molecule has 1 aliphatic rings. The minimum atomic E-state index is -0.816. The maximum atomic E-state index is 11.2. The van der Waals surface area contributed by atoms with E-state index in [0.29, 0.717) is 13.1 Å². The first-order valence-corrected chi connectivity index (χ1v) is 10.8. The van der Waals surface area contributed by atoms with Crippen molar-refractivity contribution in [1.29, 1.82) is 0 Å². The molecule has 0 spiro atoms. The number of nitrogens with two attached hydrogens (primary N) is 1. The molecule has 5 heteroatoms. The molecule has 1 aliphatic heterocycles. The lowest BCUT2D eigenvalue weighted by molar-refractivity contribution is -0.778. The molecule has 0 aliphatic carbocycles. The van der Waals surface area contributed by atoms with E-state index >= 15 is 0 Å². The zero-order valence-electron chi connectivity index (χ0n) is 17.2. The van der Waals surface area contributed by atoms with Crippen LogP contribution < -0.4 is 5.73 Å². The average molecular weight is 379 g/mol. The third-order valence-corrected chi connectivity index (χ3v) is 5.21. The number of quaternary nitrogens is 1. The summed E-state index contributed by atoms with van der Waals surface area (Å²) < 4.78 is 0.276. The van der Waals surface area contributed by atoms with Crippen molar-refractivity contribution in [2.75, 3.05) is 19.6 Å². The molecule has 154 valence electrons. The summed E-state index contributed by atoms with van der Waals surface area (Å²) in [6.07, 6.45) is 23.1. The molecular weight excluding hydrogens is 338 g/mol. The highest BCUT2D eigenvalue weighted by atomic mass is 16.4. The Morgan fingerprint density at radius 3 is 2.33 bits per heavy atom. The maximum absolute atomic E-state index is 11.2. The third-order valence-electron chi connectivity index (χ3n) is 5.21. The summed E-state index contributed by atoms with van der Waals surface area (Å²) in [5, 5.41) is 9.21. The van der Waals surface area contributed by atoms with Crippen LogP contribution in [0.25, 0.3) is 0 Å². The Morgan fingerprint density at radius 1 is 1.07 bits per heavy atom. The van der Waals surface area contributed by atoms with E-state index in [2.05, 4.69) is 24.1 Å². The average Bonchev–Trinajstić information content (AvgIpc) is 3.00. The van der Waals surface area contributed by atoms with Crippen LogP contribution in [0.5, 0.6) is 0 Å². The lowest BCUT2D eigenvalue weighted by atomic mass is 10.1. The molecule has 3 N–H and O–H groups in total. The van der Waals surface area contributed by atoms with Crippen LogP contribution in [-0.4, -0.2) is 41.0 Å². The number of amidine groups is 1. The number of allylic oxidation sites excluding steroid dienone is 2. The van der Waals surface area contributed by atoms with Crippen molar-refractivity contribution in [2.45, 2.75) is 84.0 Å². The molecule has 0 radical (unpaired) electrons. The van der Waals surface area contributed by atoms with Gasteiger partial charge in [-0.25, -0.2) is 14.3 Å². The largest absolute Gasteiger partial charge is 0.477 e. The second-order valence-electron chi connectivity index (χ2n) is 7.57. The van der Waals surface area contributed by atoms with Crippen molar-refractivity contribution >= 4 is 11.8 Å². The predicted octanol–water partition coefficient (Wildman–Crippen LogP) is 4.99. The Labute approximate surface area is 165 Å². The monoisotopic (exact) mass is 378 g/mol. The fourth-order valence-electron chi connectivity index (χ4n) is 3.65. The molecule has 0 saturated carbocycles. The van der Waals surface area contributed by atoms with Gasteiger partial charge in [0.05, 0.1) is 6.20 Å². The van der Waals surface area contributed by atoms with Gasteiger partial charge in [-0.1, -0.05) is 70.4 Å². The van der Waals surface area contributed by atoms with E-state index in [0.717, 1.165) is 25.1 Å². The molecule has 0 aromatic rings. The Kier molecular flexibility index (Phi) is 12.7. The van der Waals surface area contributed by atoms with Crippen LogP contribution in [0.3, 0.4) is 0 Å². The molecular formula is C22H40N3O2+. The molecule has 1 rings (SSSR count). The number of hydrogen-bond acceptors (Lipinski definition) is 3. The summed E-state index contributed by atoms with van der Waals surface area (Å²) in [6, 6.07) is 0. The van der Waals surface area contributed by atoms with Crippen LogP contribution in [0.1, 0.15) is 84.0 Å². The number of carbonyl (C=O) groups is 1. The SMILES string of the molecule is CCCCCCCCCCC/C=C/CCC1=NC=C[N+]1(CCN)CC(=O)O. The van der Waals surface area contributed by atoms with Crippen LogP contribution in [0, 0.1) is 0 Å². The zero-order valence-corrected chi connectivity index (χ0v) is 17.2. The minimum absolute atomic E-state index is 0.0225. The van der Waals surface area contributed by atoms with Crippen LogP contribution in [0.2, 0.25) is 0 Å². The molecule has 1 heterocycles. The molecule has 0 saturated heterocycles. The quantitative estimate of drug-likeness (QED) is 0.213. The van der Waals surface area contributed by atoms with E-state index in [4.69, 9.17) is 5.73 Å². The first kappa shape index (κ1) is 23.6. The Hall–Kier alpha value is -1.46. The summed E-state index contributed by atoms with van der Waals surface area (Å²) in [7, 11) is 0. The lowest BCUT2D eigenvalue weighted by Crippen LogP contribution is -2.52. The van der Waals surface area contributed by atoms with Gasteiger partial charge in [0.25, 0.3) is 0 Å². The number of aliphatic imine (C=N–C) groups is 1. The van der Waals surface area contributed by atoms with Crippen LogP contribution in [-0.2, 0) is 4.79 Å². The molecule has 0 aromatic carbocycles. The molecule has 0 amide bonds. The minimum Gasteiger partial charge on any atom is -0.477 e. The Balaban J connectivity index is 2.13. The first-order valence-electron chi connectivity index (χ1n) is 10.8. The number of carboxylic acids is 1. The van der Waals surface area contributed by atoms with Crippen LogP contribution >= 0.6 is 0 Å². The van der Waals surface area contributed by atoms with Gasteiger partial charge in [-0.2, -0.15) is 0 Å². The highest BCUT2D eigenvalue weighted by Gasteiger charge is 2.36. The Bertz CT molecular complexity index is 500. The number of carboxylic acid groups (broad SMARTS) is 1. The van der Waals surface area contributed by atoms with Gasteiger partial charge < -0.3 is 10.8 Å². The highest BCUT2D eigenvalue weighted by molar-refractivity contribution is 5.81. The van der Waals surface area contributed by atoms with Crippen molar-refractivity contribution in [3.63, 3.8) is 0 Å². The van der Waals surface area contributed by atoms with Gasteiger partial charge in [0.2, 0.25) is 5.84 Å². The summed E-state index contributed by atoms with van der Waals surface area (Å²) in [5.74, 6) is 0.0965. The summed E-state index contributed by atoms with van der Waals surface area (Å²) >= 11 is 0. The van der Waals surface area contributed by atoms with E-state index in [-0.39, 0.29) is 11.0 Å². The standard InChI is InChI=1S/C22H39N3O2/c1-2-3-4-5-6-7-8-9-10-11-12-13-14-15-21-24-17-19-25(21,18-16-23)20-22(26)27/h12-13,17,19H,2-11,14-16,18,20,23H2,1H3/p+1/b13-12+. The fraction of sp³-hybridized carbons (Fsp3) is 0.727. The van der Waals surface area contributed by atoms with Gasteiger partial charge in [-0.05, 0) is 19.3 Å². The van der Waals surface area contributed by atoms with E-state index in [9.17, 15) is 9.90 Å². The molecule has 5 nitrogen and oxygen atoms in total. The topological polar surface area (TPSA) is 75.7 Å². The van der Waals surface area contributed by atoms with Crippen LogP contribution in [0.15, 0.2) is 29.5 Å². The van der Waals surface area contributed by atoms with Gasteiger partial charge in [0.1, 0.15) is 12.7 Å². The van der Waals surface area contributed by atoms with E-state index in [1.54, 1.807) is 6.20 Å². The molecule has 27 heavy (non-hydrogen) atoms. The number of rotatable bonds is 17. The van der Waals surface area contributed by atoms with Crippen molar-refractivity contribution in [2.24, 2.45) is 10.7 Å². The van der Waals surface area contributed by atoms with Crippen molar-refractivity contribution < 1.29 is 14.4 Å².